The first-order valence-electron chi connectivity index (χ1n) is 13.0. The molecule has 0 bridgehead atoms. The van der Waals surface area contributed by atoms with Crippen LogP contribution in [0.2, 0.25) is 0 Å². The van der Waals surface area contributed by atoms with Crippen molar-refractivity contribution in [1.82, 2.24) is 20.5 Å². The standard InChI is InChI=1S/C29H31N5O3S/c1-17-15-21(37-20-7-5-4-6-8-20)9-10-22(17)34-23-11-13-30-28-24(23)25(32-29(34)36)26(38-28)27(35)31-19-12-14-33(3)18(2)16-19/h4-11,13,15,18-19,25-26H,12,14,16H2,1-3H3,(H,31,35)(H,32,36). The molecule has 3 aromatic rings. The number of benzene rings is 2. The highest BCUT2D eigenvalue weighted by atomic mass is 32.2. The zero-order valence-corrected chi connectivity index (χ0v) is 22.5. The number of hydrogen-bond donors (Lipinski definition) is 2. The van der Waals surface area contributed by atoms with Crippen LogP contribution in [0.15, 0.2) is 65.8 Å². The van der Waals surface area contributed by atoms with E-state index >= 15 is 0 Å². The summed E-state index contributed by atoms with van der Waals surface area (Å²) in [7, 11) is 2.12. The Morgan fingerprint density at radius 1 is 1.13 bits per heavy atom. The van der Waals surface area contributed by atoms with Crippen LogP contribution < -0.4 is 20.3 Å². The molecular weight excluding hydrogens is 498 g/mol. The van der Waals surface area contributed by atoms with E-state index in [-0.39, 0.29) is 18.0 Å². The van der Waals surface area contributed by atoms with Gasteiger partial charge < -0.3 is 20.3 Å². The number of nitrogens with one attached hydrogen (secondary N) is 2. The minimum atomic E-state index is -0.456. The van der Waals surface area contributed by atoms with Gasteiger partial charge in [-0.2, -0.15) is 0 Å². The summed E-state index contributed by atoms with van der Waals surface area (Å²) in [4.78, 5) is 35.5. The van der Waals surface area contributed by atoms with Gasteiger partial charge >= 0.3 is 6.03 Å². The molecule has 4 unspecified atom stereocenters. The molecule has 3 aliphatic heterocycles. The van der Waals surface area contributed by atoms with Gasteiger partial charge in [0, 0.05) is 30.4 Å². The second-order valence-electron chi connectivity index (χ2n) is 10.3. The third kappa shape index (κ3) is 4.50. The fourth-order valence-corrected chi connectivity index (χ4v) is 6.77. The number of pyridine rings is 1. The molecule has 1 aromatic heterocycles. The topological polar surface area (TPSA) is 86.8 Å². The minimum Gasteiger partial charge on any atom is -0.457 e. The Balaban J connectivity index is 1.25. The number of piperidine rings is 1. The summed E-state index contributed by atoms with van der Waals surface area (Å²) in [5, 5.41) is 6.70. The molecule has 4 atom stereocenters. The maximum atomic E-state index is 13.5. The van der Waals surface area contributed by atoms with Crippen molar-refractivity contribution in [3.8, 4) is 11.5 Å². The van der Waals surface area contributed by atoms with E-state index in [1.807, 2.05) is 61.5 Å². The number of anilines is 2. The number of amides is 3. The first kappa shape index (κ1) is 24.8. The van der Waals surface area contributed by atoms with Crippen LogP contribution in [0.3, 0.4) is 0 Å². The molecule has 9 heteroatoms. The first-order chi connectivity index (χ1) is 18.4. The van der Waals surface area contributed by atoms with Crippen LogP contribution >= 0.6 is 11.8 Å². The Morgan fingerprint density at radius 3 is 2.71 bits per heavy atom. The van der Waals surface area contributed by atoms with Crippen molar-refractivity contribution >= 4 is 35.1 Å². The molecule has 4 heterocycles. The predicted molar refractivity (Wildman–Crippen MR) is 148 cm³/mol. The number of urea groups is 1. The molecule has 1 saturated heterocycles. The van der Waals surface area contributed by atoms with Gasteiger partial charge in [-0.05, 0) is 75.7 Å². The average molecular weight is 530 g/mol. The number of thioether (sulfide) groups is 1. The van der Waals surface area contributed by atoms with Crippen LogP contribution in [0.5, 0.6) is 11.5 Å². The molecule has 2 N–H and O–H groups in total. The molecule has 38 heavy (non-hydrogen) atoms. The highest BCUT2D eigenvalue weighted by Gasteiger charge is 2.47. The molecule has 0 spiro atoms. The maximum absolute atomic E-state index is 13.5. The monoisotopic (exact) mass is 529 g/mol. The second kappa shape index (κ2) is 9.96. The van der Waals surface area contributed by atoms with Crippen LogP contribution in [0, 0.1) is 6.92 Å². The van der Waals surface area contributed by atoms with Gasteiger partial charge in [0.05, 0.1) is 17.4 Å². The summed E-state index contributed by atoms with van der Waals surface area (Å²) in [5.74, 6) is 1.41. The third-order valence-electron chi connectivity index (χ3n) is 7.71. The molecule has 0 saturated carbocycles. The molecule has 3 aliphatic rings. The first-order valence-corrected chi connectivity index (χ1v) is 13.9. The lowest BCUT2D eigenvalue weighted by atomic mass is 9.97. The van der Waals surface area contributed by atoms with Gasteiger partial charge in [0.25, 0.3) is 0 Å². The van der Waals surface area contributed by atoms with Crippen LogP contribution in [-0.2, 0) is 4.79 Å². The summed E-state index contributed by atoms with van der Waals surface area (Å²) in [6, 6.07) is 17.0. The predicted octanol–water partition coefficient (Wildman–Crippen LogP) is 5.16. The van der Waals surface area contributed by atoms with E-state index in [2.05, 4.69) is 34.5 Å². The Bertz CT molecular complexity index is 1380. The number of aromatic nitrogens is 1. The van der Waals surface area contributed by atoms with Crippen molar-refractivity contribution in [3.63, 3.8) is 0 Å². The van der Waals surface area contributed by atoms with Crippen LogP contribution in [0.1, 0.15) is 36.9 Å². The number of hydrogen-bond acceptors (Lipinski definition) is 6. The largest absolute Gasteiger partial charge is 0.457 e. The number of likely N-dealkylation sites (tertiary alicyclic amines) is 1. The molecule has 1 fully saturated rings. The van der Waals surface area contributed by atoms with Crippen LogP contribution in [-0.4, -0.2) is 52.7 Å². The summed E-state index contributed by atoms with van der Waals surface area (Å²) in [5.41, 5.74) is 3.32. The van der Waals surface area contributed by atoms with Gasteiger partial charge in [-0.1, -0.05) is 30.0 Å². The molecule has 196 valence electrons. The van der Waals surface area contributed by atoms with Gasteiger partial charge in [-0.3, -0.25) is 9.69 Å². The number of nitrogens with zero attached hydrogens (tertiary/aromatic N) is 3. The summed E-state index contributed by atoms with van der Waals surface area (Å²) >= 11 is 1.43. The Morgan fingerprint density at radius 2 is 1.95 bits per heavy atom. The summed E-state index contributed by atoms with van der Waals surface area (Å²) in [6.07, 6.45) is 3.56. The van der Waals surface area contributed by atoms with E-state index in [4.69, 9.17) is 4.74 Å². The van der Waals surface area contributed by atoms with Gasteiger partial charge in [-0.15, -0.1) is 0 Å². The summed E-state index contributed by atoms with van der Waals surface area (Å²) < 4.78 is 5.98. The van der Waals surface area contributed by atoms with E-state index in [1.165, 1.54) is 11.8 Å². The zero-order chi connectivity index (χ0) is 26.4. The lowest BCUT2D eigenvalue weighted by molar-refractivity contribution is -0.122. The highest BCUT2D eigenvalue weighted by Crippen LogP contribution is 2.51. The molecule has 6 rings (SSSR count). The molecule has 0 aliphatic carbocycles. The Labute approximate surface area is 226 Å². The molecule has 3 amide bonds. The van der Waals surface area contributed by atoms with Gasteiger partial charge in [0.2, 0.25) is 5.91 Å². The fourth-order valence-electron chi connectivity index (χ4n) is 5.54. The van der Waals surface area contributed by atoms with Crippen molar-refractivity contribution in [2.45, 2.75) is 55.1 Å². The number of carbonyl (C=O) groups is 2. The number of ether oxygens (including phenoxy) is 1. The van der Waals surface area contributed by atoms with E-state index < -0.39 is 11.3 Å². The number of aryl methyl sites for hydroxylation is 1. The van der Waals surface area contributed by atoms with E-state index in [0.29, 0.717) is 11.8 Å². The van der Waals surface area contributed by atoms with Crippen molar-refractivity contribution in [2.75, 3.05) is 18.5 Å². The van der Waals surface area contributed by atoms with Crippen molar-refractivity contribution < 1.29 is 14.3 Å². The van der Waals surface area contributed by atoms with Crippen molar-refractivity contribution in [3.05, 3.63) is 71.9 Å². The Hall–Kier alpha value is -3.56. The van der Waals surface area contributed by atoms with Crippen molar-refractivity contribution in [2.24, 2.45) is 0 Å². The zero-order valence-electron chi connectivity index (χ0n) is 21.7. The lowest BCUT2D eigenvalue weighted by Gasteiger charge is -2.37. The van der Waals surface area contributed by atoms with Crippen LogP contribution in [0.4, 0.5) is 16.2 Å². The SMILES string of the molecule is Cc1cc(Oc2ccccc2)ccc1N1C(=O)NC2c3c1ccnc3SC2C(=O)NC1CCN(C)C(C)C1. The molecule has 8 nitrogen and oxygen atoms in total. The minimum absolute atomic E-state index is 0.0435. The molecule has 0 radical (unpaired) electrons. The molecule has 2 aromatic carbocycles. The summed E-state index contributed by atoms with van der Waals surface area (Å²) in [6.45, 7) is 5.11. The van der Waals surface area contributed by atoms with Gasteiger partial charge in [0.15, 0.2) is 0 Å². The van der Waals surface area contributed by atoms with E-state index in [1.54, 1.807) is 11.1 Å². The van der Waals surface area contributed by atoms with E-state index in [0.717, 1.165) is 52.7 Å². The highest BCUT2D eigenvalue weighted by molar-refractivity contribution is 8.01. The van der Waals surface area contributed by atoms with E-state index in [9.17, 15) is 9.59 Å². The normalized spacial score (nSPS) is 24.5. The lowest BCUT2D eigenvalue weighted by Crippen LogP contribution is -2.52. The van der Waals surface area contributed by atoms with Gasteiger partial charge in [-0.25, -0.2) is 9.78 Å². The Kier molecular flexibility index (Phi) is 6.49. The fraction of sp³-hybridized carbons (Fsp3) is 0.345. The average Bonchev–Trinajstić information content (AvgIpc) is 3.27. The van der Waals surface area contributed by atoms with Crippen LogP contribution in [0.25, 0.3) is 0 Å². The number of para-hydroxylation sites is 1. The third-order valence-corrected chi connectivity index (χ3v) is 9.00. The smallest absolute Gasteiger partial charge is 0.327 e. The van der Waals surface area contributed by atoms with Crippen molar-refractivity contribution in [1.29, 1.82) is 0 Å². The number of rotatable bonds is 5. The van der Waals surface area contributed by atoms with Gasteiger partial charge in [0.1, 0.15) is 21.8 Å². The quantitative estimate of drug-likeness (QED) is 0.475. The molecular formula is C29H31N5O3S. The second-order valence-corrected chi connectivity index (χ2v) is 11.4. The maximum Gasteiger partial charge on any atom is 0.327 e. The number of carbonyl (C=O) groups excluding carboxylic acids is 2.